The first-order valence-corrected chi connectivity index (χ1v) is 13.3. The molecule has 0 radical (unpaired) electrons. The summed E-state index contributed by atoms with van der Waals surface area (Å²) in [4.78, 5) is 30.1. The Hall–Kier alpha value is -3.13. The number of hydrogen-bond donors (Lipinski definition) is 3. The van der Waals surface area contributed by atoms with E-state index in [0.29, 0.717) is 25.1 Å². The summed E-state index contributed by atoms with van der Waals surface area (Å²) >= 11 is 6.18. The van der Waals surface area contributed by atoms with Gasteiger partial charge in [0.1, 0.15) is 17.6 Å². The lowest BCUT2D eigenvalue weighted by molar-refractivity contribution is 0.0784. The van der Waals surface area contributed by atoms with Gasteiger partial charge in [0.05, 0.1) is 5.02 Å². The number of nitrogens with two attached hydrogens (primary N) is 1. The molecule has 4 N–H and O–H groups in total. The molecular formula is C23H26ClFN6O5S. The Labute approximate surface area is 217 Å². The zero-order valence-electron chi connectivity index (χ0n) is 20.3. The van der Waals surface area contributed by atoms with Crippen LogP contribution in [-0.2, 0) is 10.0 Å². The molecule has 37 heavy (non-hydrogen) atoms. The molecule has 3 heterocycles. The van der Waals surface area contributed by atoms with Gasteiger partial charge in [-0.2, -0.15) is 4.72 Å². The van der Waals surface area contributed by atoms with Crippen molar-refractivity contribution in [3.05, 3.63) is 73.9 Å². The molecule has 3 atom stereocenters. The predicted molar refractivity (Wildman–Crippen MR) is 132 cm³/mol. The van der Waals surface area contributed by atoms with Crippen LogP contribution in [0.1, 0.15) is 58.4 Å². The first-order chi connectivity index (χ1) is 17.4. The quantitative estimate of drug-likeness (QED) is 0.401. The summed E-state index contributed by atoms with van der Waals surface area (Å²) in [5, 5.41) is 5.34. The van der Waals surface area contributed by atoms with E-state index in [9.17, 15) is 22.4 Å². The highest BCUT2D eigenvalue weighted by Crippen LogP contribution is 2.35. The summed E-state index contributed by atoms with van der Waals surface area (Å²) in [5.41, 5.74) is 7.26. The third-order valence-electron chi connectivity index (χ3n) is 6.50. The molecule has 1 aliphatic rings. The molecule has 3 unspecified atom stereocenters. The number of hydrogen-bond acceptors (Lipinski definition) is 8. The molecule has 1 aromatic carbocycles. The lowest BCUT2D eigenvalue weighted by atomic mass is 9.88. The van der Waals surface area contributed by atoms with E-state index >= 15 is 0 Å². The second-order valence-electron chi connectivity index (χ2n) is 9.02. The van der Waals surface area contributed by atoms with Crippen LogP contribution in [0, 0.1) is 19.7 Å². The summed E-state index contributed by atoms with van der Waals surface area (Å²) in [5.74, 6) is -3.16. The van der Waals surface area contributed by atoms with Gasteiger partial charge in [-0.15, -0.1) is 5.10 Å². The second-order valence-corrected chi connectivity index (χ2v) is 11.1. The zero-order valence-corrected chi connectivity index (χ0v) is 21.9. The standard InChI is InChI=1S/C23H26ClFN6O5S/c1-11-4-6-16(25)18(12(11)2)13(3)19(21-28-29-23(33)36-21)30-37(34,35)17-7-5-15(24)20(27-17)22(32)31-9-8-14(26)10-31/h4-7,13-14,19,30H,8-10,26H2,1-3H3,(H,29,33). The third-order valence-corrected chi connectivity index (χ3v) is 8.15. The number of pyridine rings is 1. The van der Waals surface area contributed by atoms with Gasteiger partial charge in [0.15, 0.2) is 5.03 Å². The minimum absolute atomic E-state index is 0.0231. The number of carbonyl (C=O) groups is 1. The molecule has 1 aliphatic heterocycles. The van der Waals surface area contributed by atoms with Gasteiger partial charge in [-0.05, 0) is 55.2 Å². The average Bonchev–Trinajstić information content (AvgIpc) is 3.48. The second kappa shape index (κ2) is 10.3. The van der Waals surface area contributed by atoms with Crippen molar-refractivity contribution in [2.24, 2.45) is 5.73 Å². The third kappa shape index (κ3) is 5.44. The topological polar surface area (TPSA) is 164 Å². The van der Waals surface area contributed by atoms with Crippen molar-refractivity contribution < 1.29 is 22.0 Å². The van der Waals surface area contributed by atoms with Gasteiger partial charge < -0.3 is 15.1 Å². The van der Waals surface area contributed by atoms with Gasteiger partial charge in [0, 0.05) is 25.0 Å². The highest BCUT2D eigenvalue weighted by atomic mass is 35.5. The molecule has 1 amide bonds. The molecule has 1 saturated heterocycles. The fourth-order valence-corrected chi connectivity index (χ4v) is 5.75. The lowest BCUT2D eigenvalue weighted by Gasteiger charge is -2.25. The van der Waals surface area contributed by atoms with Crippen molar-refractivity contribution in [1.29, 1.82) is 0 Å². The number of aryl methyl sites for hydroxylation is 1. The van der Waals surface area contributed by atoms with Crippen LogP contribution < -0.4 is 16.2 Å². The number of aromatic nitrogens is 3. The van der Waals surface area contributed by atoms with Crippen LogP contribution in [0.4, 0.5) is 4.39 Å². The smallest absolute Gasteiger partial charge is 0.391 e. The fraction of sp³-hybridized carbons (Fsp3) is 0.391. The fourth-order valence-electron chi connectivity index (χ4n) is 4.34. The van der Waals surface area contributed by atoms with Crippen LogP contribution in [0.2, 0.25) is 5.02 Å². The minimum Gasteiger partial charge on any atom is -0.391 e. The van der Waals surface area contributed by atoms with E-state index in [-0.39, 0.29) is 28.2 Å². The number of halogens is 2. The molecule has 0 bridgehead atoms. The van der Waals surface area contributed by atoms with E-state index in [1.807, 2.05) is 0 Å². The number of H-pyrrole nitrogens is 1. The SMILES string of the molecule is Cc1ccc(F)c(C(C)C(NS(=O)(=O)c2ccc(Cl)c(C(=O)N3CCC(N)C3)n2)c2n[nH]c(=O)o2)c1C. The summed E-state index contributed by atoms with van der Waals surface area (Å²) < 4.78 is 49.3. The minimum atomic E-state index is -4.45. The average molecular weight is 553 g/mol. The van der Waals surface area contributed by atoms with Crippen LogP contribution in [0.25, 0.3) is 0 Å². The van der Waals surface area contributed by atoms with E-state index in [1.54, 1.807) is 26.8 Å². The number of aromatic amines is 1. The Morgan fingerprint density at radius 3 is 2.68 bits per heavy atom. The monoisotopic (exact) mass is 552 g/mol. The Balaban J connectivity index is 1.72. The predicted octanol–water partition coefficient (Wildman–Crippen LogP) is 2.16. The number of sulfonamides is 1. The number of amides is 1. The molecule has 198 valence electrons. The zero-order chi connectivity index (χ0) is 27.1. The van der Waals surface area contributed by atoms with Gasteiger partial charge in [-0.25, -0.2) is 27.7 Å². The van der Waals surface area contributed by atoms with Crippen molar-refractivity contribution in [3.63, 3.8) is 0 Å². The first kappa shape index (κ1) is 26.9. The van der Waals surface area contributed by atoms with Crippen LogP contribution >= 0.6 is 11.6 Å². The summed E-state index contributed by atoms with van der Waals surface area (Å²) in [7, 11) is -4.45. The Morgan fingerprint density at radius 2 is 2.05 bits per heavy atom. The van der Waals surface area contributed by atoms with Gasteiger partial charge in [-0.3, -0.25) is 4.79 Å². The Morgan fingerprint density at radius 1 is 1.32 bits per heavy atom. The molecule has 3 aromatic rings. The van der Waals surface area contributed by atoms with Crippen LogP contribution in [0.15, 0.2) is 38.5 Å². The van der Waals surface area contributed by atoms with Crippen LogP contribution in [0.5, 0.6) is 0 Å². The van der Waals surface area contributed by atoms with Gasteiger partial charge >= 0.3 is 5.76 Å². The van der Waals surface area contributed by atoms with Crippen molar-refractivity contribution in [2.75, 3.05) is 13.1 Å². The van der Waals surface area contributed by atoms with Gasteiger partial charge in [0.2, 0.25) is 5.89 Å². The molecule has 1 fully saturated rings. The highest BCUT2D eigenvalue weighted by molar-refractivity contribution is 7.89. The number of carbonyl (C=O) groups excluding carboxylic acids is 1. The number of benzene rings is 1. The van der Waals surface area contributed by atoms with Crippen molar-refractivity contribution in [3.8, 4) is 0 Å². The van der Waals surface area contributed by atoms with Crippen LogP contribution in [0.3, 0.4) is 0 Å². The Kier molecular flexibility index (Phi) is 7.51. The number of rotatable bonds is 7. The van der Waals surface area contributed by atoms with E-state index in [4.69, 9.17) is 21.8 Å². The molecule has 11 nitrogen and oxygen atoms in total. The molecule has 14 heteroatoms. The molecule has 4 rings (SSSR count). The van der Waals surface area contributed by atoms with Crippen molar-refractivity contribution in [2.45, 2.75) is 50.2 Å². The van der Waals surface area contributed by atoms with E-state index in [1.165, 1.54) is 17.0 Å². The van der Waals surface area contributed by atoms with Gasteiger partial charge in [-0.1, -0.05) is 24.6 Å². The van der Waals surface area contributed by atoms with Crippen molar-refractivity contribution >= 4 is 27.5 Å². The highest BCUT2D eigenvalue weighted by Gasteiger charge is 2.35. The largest absolute Gasteiger partial charge is 0.434 e. The summed E-state index contributed by atoms with van der Waals surface area (Å²) in [6, 6.07) is 3.79. The van der Waals surface area contributed by atoms with E-state index in [2.05, 4.69) is 19.9 Å². The lowest BCUT2D eigenvalue weighted by Crippen LogP contribution is -2.35. The molecule has 2 aromatic heterocycles. The normalized spacial score (nSPS) is 17.7. The summed E-state index contributed by atoms with van der Waals surface area (Å²) in [6.45, 7) is 5.77. The maximum absolute atomic E-state index is 14.9. The maximum atomic E-state index is 14.9. The van der Waals surface area contributed by atoms with Gasteiger partial charge in [0.25, 0.3) is 15.9 Å². The molecule has 0 aliphatic carbocycles. The molecule has 0 spiro atoms. The van der Waals surface area contributed by atoms with E-state index < -0.39 is 44.5 Å². The number of nitrogens with one attached hydrogen (secondary N) is 2. The Bertz CT molecular complexity index is 1510. The summed E-state index contributed by atoms with van der Waals surface area (Å²) in [6.07, 6.45) is 0.603. The number of likely N-dealkylation sites (tertiary alicyclic amines) is 1. The van der Waals surface area contributed by atoms with E-state index in [0.717, 1.165) is 11.6 Å². The first-order valence-electron chi connectivity index (χ1n) is 11.4. The number of nitrogens with zero attached hydrogens (tertiary/aromatic N) is 3. The molecular weight excluding hydrogens is 527 g/mol. The maximum Gasteiger partial charge on any atom is 0.434 e. The van der Waals surface area contributed by atoms with Crippen LogP contribution in [-0.4, -0.2) is 53.5 Å². The van der Waals surface area contributed by atoms with Crippen molar-refractivity contribution in [1.82, 2.24) is 24.8 Å². The molecule has 0 saturated carbocycles.